The molecule has 3 aromatic rings. The first kappa shape index (κ1) is 15.6. The molecule has 4 rings (SSSR count). The number of benzene rings is 1. The van der Waals surface area contributed by atoms with E-state index in [1.54, 1.807) is 29.0 Å². The highest BCUT2D eigenvalue weighted by molar-refractivity contribution is 5.82. The molecule has 2 aromatic heterocycles. The van der Waals surface area contributed by atoms with Crippen molar-refractivity contribution < 1.29 is 13.9 Å². The summed E-state index contributed by atoms with van der Waals surface area (Å²) in [5, 5.41) is 7.49. The number of anilines is 1. The van der Waals surface area contributed by atoms with Crippen molar-refractivity contribution in [1.82, 2.24) is 14.6 Å². The Kier molecular flexibility index (Phi) is 3.83. The van der Waals surface area contributed by atoms with E-state index < -0.39 is 0 Å². The monoisotopic (exact) mass is 340 g/mol. The Morgan fingerprint density at radius 3 is 3.12 bits per heavy atom. The van der Waals surface area contributed by atoms with Crippen molar-refractivity contribution in [3.8, 4) is 5.75 Å². The minimum absolute atomic E-state index is 0.0472. The summed E-state index contributed by atoms with van der Waals surface area (Å²) in [6.07, 6.45) is 3.98. The predicted molar refractivity (Wildman–Crippen MR) is 90.2 cm³/mol. The van der Waals surface area contributed by atoms with Crippen LogP contribution in [0.1, 0.15) is 30.5 Å². The number of ether oxygens (including phenoxy) is 1. The van der Waals surface area contributed by atoms with Crippen LogP contribution in [0, 0.1) is 5.82 Å². The molecule has 6 nitrogen and oxygen atoms in total. The maximum atomic E-state index is 13.7. The van der Waals surface area contributed by atoms with E-state index in [0.717, 1.165) is 5.56 Å². The molecule has 0 fully saturated rings. The summed E-state index contributed by atoms with van der Waals surface area (Å²) in [5.41, 5.74) is 2.11. The Morgan fingerprint density at radius 1 is 1.36 bits per heavy atom. The summed E-state index contributed by atoms with van der Waals surface area (Å²) in [6, 6.07) is 5.97. The second kappa shape index (κ2) is 6.16. The molecule has 1 aliphatic heterocycles. The Balaban J connectivity index is 1.79. The topological polar surface area (TPSA) is 68.5 Å². The van der Waals surface area contributed by atoms with Crippen LogP contribution in [-0.2, 0) is 11.2 Å². The largest absolute Gasteiger partial charge is 0.493 e. The lowest BCUT2D eigenvalue weighted by Gasteiger charge is -2.19. The van der Waals surface area contributed by atoms with Crippen LogP contribution in [0.25, 0.3) is 5.65 Å². The third-order valence-electron chi connectivity index (χ3n) is 4.27. The fraction of sp³-hybridized carbons (Fsp3) is 0.278. The zero-order chi connectivity index (χ0) is 17.4. The first-order valence-electron chi connectivity index (χ1n) is 8.14. The van der Waals surface area contributed by atoms with Crippen molar-refractivity contribution in [1.29, 1.82) is 0 Å². The number of carbonyl (C=O) groups excluding carboxylic acids is 1. The van der Waals surface area contributed by atoms with E-state index in [1.165, 1.54) is 12.1 Å². The van der Waals surface area contributed by atoms with E-state index in [-0.39, 0.29) is 37.1 Å². The summed E-state index contributed by atoms with van der Waals surface area (Å²) in [5.74, 6) is 0.907. The molecule has 1 N–H and O–H groups in total. The molecule has 1 aliphatic rings. The zero-order valence-electron chi connectivity index (χ0n) is 13.7. The van der Waals surface area contributed by atoms with E-state index in [0.29, 0.717) is 22.8 Å². The average molecular weight is 340 g/mol. The maximum absolute atomic E-state index is 13.7. The summed E-state index contributed by atoms with van der Waals surface area (Å²) in [7, 11) is 0. The number of nitrogens with zero attached hydrogens (tertiary/aromatic N) is 3. The standard InChI is InChI=1S/C18H17FN4O2/c1-11-15-9-13(19)2-3-16(15)25-7-5-14(24)8-12-10-20-23-6-4-17(21-11)22-18(12)23/h2-4,6,9-11H,5,7-8H2,1H3,(H,21,22)/t11-/m1/s1. The Hall–Kier alpha value is -2.96. The first-order valence-corrected chi connectivity index (χ1v) is 8.14. The molecule has 0 aliphatic carbocycles. The summed E-state index contributed by atoms with van der Waals surface area (Å²) < 4.78 is 21.1. The fourth-order valence-corrected chi connectivity index (χ4v) is 2.99. The third kappa shape index (κ3) is 3.05. The van der Waals surface area contributed by atoms with Crippen molar-refractivity contribution in [2.24, 2.45) is 0 Å². The van der Waals surface area contributed by atoms with Gasteiger partial charge in [-0.3, -0.25) is 4.79 Å². The third-order valence-corrected chi connectivity index (χ3v) is 4.27. The van der Waals surface area contributed by atoms with Gasteiger partial charge in [-0.05, 0) is 31.2 Å². The quantitative estimate of drug-likeness (QED) is 0.681. The Bertz CT molecular complexity index is 953. The van der Waals surface area contributed by atoms with Crippen LogP contribution < -0.4 is 10.1 Å². The summed E-state index contributed by atoms with van der Waals surface area (Å²) in [4.78, 5) is 16.8. The van der Waals surface area contributed by atoms with Gasteiger partial charge in [-0.1, -0.05) is 0 Å². The highest BCUT2D eigenvalue weighted by Gasteiger charge is 2.17. The van der Waals surface area contributed by atoms with E-state index in [9.17, 15) is 9.18 Å². The van der Waals surface area contributed by atoms with E-state index >= 15 is 0 Å². The molecule has 0 spiro atoms. The second-order valence-electron chi connectivity index (χ2n) is 6.11. The molecular formula is C18H17FN4O2. The van der Waals surface area contributed by atoms with Gasteiger partial charge in [-0.2, -0.15) is 5.10 Å². The number of fused-ring (bicyclic) bond motifs is 2. The van der Waals surface area contributed by atoms with Gasteiger partial charge in [0.15, 0.2) is 5.65 Å². The van der Waals surface area contributed by atoms with Gasteiger partial charge in [0.25, 0.3) is 0 Å². The second-order valence-corrected chi connectivity index (χ2v) is 6.11. The number of nitrogens with one attached hydrogen (secondary N) is 1. The highest BCUT2D eigenvalue weighted by Crippen LogP contribution is 2.29. The maximum Gasteiger partial charge on any atom is 0.160 e. The number of hydrogen-bond donors (Lipinski definition) is 1. The Morgan fingerprint density at radius 2 is 2.24 bits per heavy atom. The number of hydrogen-bond acceptors (Lipinski definition) is 5. The lowest BCUT2D eigenvalue weighted by Crippen LogP contribution is -2.12. The van der Waals surface area contributed by atoms with Crippen molar-refractivity contribution in [2.45, 2.75) is 25.8 Å². The van der Waals surface area contributed by atoms with Crippen LogP contribution in [0.5, 0.6) is 5.75 Å². The van der Waals surface area contributed by atoms with Gasteiger partial charge in [-0.25, -0.2) is 13.9 Å². The van der Waals surface area contributed by atoms with Crippen molar-refractivity contribution in [2.75, 3.05) is 11.9 Å². The normalized spacial score (nSPS) is 17.8. The molecular weight excluding hydrogens is 323 g/mol. The zero-order valence-corrected chi connectivity index (χ0v) is 13.7. The minimum atomic E-state index is -0.335. The number of aromatic nitrogens is 3. The lowest BCUT2D eigenvalue weighted by molar-refractivity contribution is -0.118. The van der Waals surface area contributed by atoms with Gasteiger partial charge in [0.05, 0.1) is 18.8 Å². The highest BCUT2D eigenvalue weighted by atomic mass is 19.1. The van der Waals surface area contributed by atoms with Gasteiger partial charge in [0, 0.05) is 30.2 Å². The van der Waals surface area contributed by atoms with Crippen LogP contribution in [-0.4, -0.2) is 27.0 Å². The summed E-state index contributed by atoms with van der Waals surface area (Å²) >= 11 is 0. The van der Waals surface area contributed by atoms with E-state index in [1.807, 2.05) is 6.92 Å². The van der Waals surface area contributed by atoms with Crippen LogP contribution in [0.2, 0.25) is 0 Å². The molecule has 7 heteroatoms. The Labute approximate surface area is 143 Å². The number of carbonyl (C=O) groups is 1. The molecule has 25 heavy (non-hydrogen) atoms. The van der Waals surface area contributed by atoms with Crippen LogP contribution >= 0.6 is 0 Å². The lowest BCUT2D eigenvalue weighted by atomic mass is 10.1. The van der Waals surface area contributed by atoms with Gasteiger partial charge in [0.1, 0.15) is 23.2 Å². The molecule has 0 saturated carbocycles. The summed E-state index contributed by atoms with van der Waals surface area (Å²) in [6.45, 7) is 2.16. The number of ketones is 1. The molecule has 0 unspecified atom stereocenters. The first-order chi connectivity index (χ1) is 12.1. The molecule has 128 valence electrons. The van der Waals surface area contributed by atoms with Crippen molar-refractivity contribution in [3.05, 3.63) is 53.6 Å². The van der Waals surface area contributed by atoms with Gasteiger partial charge in [0.2, 0.25) is 0 Å². The minimum Gasteiger partial charge on any atom is -0.493 e. The van der Waals surface area contributed by atoms with E-state index in [4.69, 9.17) is 4.74 Å². The van der Waals surface area contributed by atoms with Crippen molar-refractivity contribution >= 4 is 17.2 Å². The molecule has 0 saturated heterocycles. The number of rotatable bonds is 0. The molecule has 1 atom stereocenters. The molecule has 0 amide bonds. The average Bonchev–Trinajstić information content (AvgIpc) is 2.97. The molecule has 3 heterocycles. The molecule has 2 bridgehead atoms. The SMILES string of the molecule is C[C@H]1Nc2ccn3ncc(c3n2)CC(=O)CCOc2ccc(F)cc21. The van der Waals surface area contributed by atoms with Crippen molar-refractivity contribution in [3.63, 3.8) is 0 Å². The van der Waals surface area contributed by atoms with Crippen LogP contribution in [0.3, 0.4) is 0 Å². The van der Waals surface area contributed by atoms with E-state index in [2.05, 4.69) is 15.4 Å². The smallest absolute Gasteiger partial charge is 0.160 e. The van der Waals surface area contributed by atoms with Gasteiger partial charge >= 0.3 is 0 Å². The predicted octanol–water partition coefficient (Wildman–Crippen LogP) is 2.94. The number of Topliss-reactive ketones (excluding diaryl/α,β-unsaturated/α-hetero) is 1. The van der Waals surface area contributed by atoms with Gasteiger partial charge < -0.3 is 10.1 Å². The molecule has 1 aromatic carbocycles. The number of halogens is 1. The van der Waals surface area contributed by atoms with Crippen LogP contribution in [0.4, 0.5) is 10.2 Å². The fourth-order valence-electron chi connectivity index (χ4n) is 2.99. The van der Waals surface area contributed by atoms with Crippen LogP contribution in [0.15, 0.2) is 36.7 Å². The van der Waals surface area contributed by atoms with Gasteiger partial charge in [-0.15, -0.1) is 0 Å². The molecule has 0 radical (unpaired) electrons.